The van der Waals surface area contributed by atoms with E-state index in [1.165, 1.54) is 29.6 Å². The first-order valence-electron chi connectivity index (χ1n) is 5.99. The minimum absolute atomic E-state index is 0.199. The molecule has 0 radical (unpaired) electrons. The number of nitrogens with zero attached hydrogens (tertiary/aromatic N) is 3. The maximum atomic E-state index is 13.2. The lowest BCUT2D eigenvalue weighted by Crippen LogP contribution is -2.30. The summed E-state index contributed by atoms with van der Waals surface area (Å²) in [6.07, 6.45) is 4.25. The number of amides is 1. The molecule has 1 aromatic carbocycles. The summed E-state index contributed by atoms with van der Waals surface area (Å²) in [7, 11) is 1.57. The molecule has 1 heterocycles. The Hall–Kier alpha value is -2.37. The summed E-state index contributed by atoms with van der Waals surface area (Å²) in [5.41, 5.74) is 0.702. The summed E-state index contributed by atoms with van der Waals surface area (Å²) in [6.45, 7) is 1.72. The van der Waals surface area contributed by atoms with Crippen LogP contribution in [0.2, 0.25) is 0 Å². The molecule has 6 heteroatoms. The van der Waals surface area contributed by atoms with Crippen LogP contribution < -0.4 is 0 Å². The van der Waals surface area contributed by atoms with E-state index in [9.17, 15) is 13.6 Å². The van der Waals surface area contributed by atoms with Crippen molar-refractivity contribution in [2.75, 3.05) is 7.05 Å². The molecular formula is C14H13F2N3O. The maximum absolute atomic E-state index is 13.2. The molecule has 4 nitrogen and oxygen atoms in total. The average molecular weight is 277 g/mol. The lowest BCUT2D eigenvalue weighted by atomic mass is 10.1. The van der Waals surface area contributed by atoms with E-state index in [1.807, 2.05) is 0 Å². The number of rotatable bonds is 3. The highest BCUT2D eigenvalue weighted by Crippen LogP contribution is 2.21. The molecule has 1 aromatic heterocycles. The molecule has 0 aliphatic carbocycles. The van der Waals surface area contributed by atoms with E-state index < -0.39 is 17.7 Å². The van der Waals surface area contributed by atoms with Gasteiger partial charge in [0.15, 0.2) is 11.6 Å². The lowest BCUT2D eigenvalue weighted by Gasteiger charge is -2.25. The summed E-state index contributed by atoms with van der Waals surface area (Å²) < 4.78 is 26.1. The SMILES string of the molecule is CC(c1ccc(F)c(F)c1)N(C)C(=O)c1cnccn1. The molecule has 1 atom stereocenters. The second kappa shape index (κ2) is 5.73. The Labute approximate surface area is 115 Å². The summed E-state index contributed by atoms with van der Waals surface area (Å²) in [4.78, 5) is 21.3. The van der Waals surface area contributed by atoms with Crippen molar-refractivity contribution in [1.82, 2.24) is 14.9 Å². The molecule has 0 aliphatic heterocycles. The van der Waals surface area contributed by atoms with E-state index in [4.69, 9.17) is 0 Å². The Morgan fingerprint density at radius 2 is 2.00 bits per heavy atom. The Balaban J connectivity index is 2.22. The fourth-order valence-electron chi connectivity index (χ4n) is 1.76. The molecular weight excluding hydrogens is 264 g/mol. The van der Waals surface area contributed by atoms with E-state index in [0.29, 0.717) is 5.56 Å². The van der Waals surface area contributed by atoms with E-state index in [1.54, 1.807) is 14.0 Å². The van der Waals surface area contributed by atoms with Crippen LogP contribution in [0.1, 0.15) is 29.0 Å². The number of hydrogen-bond acceptors (Lipinski definition) is 3. The Morgan fingerprint density at radius 1 is 1.25 bits per heavy atom. The molecule has 0 saturated carbocycles. The number of benzene rings is 1. The molecule has 2 aromatic rings. The van der Waals surface area contributed by atoms with Crippen molar-refractivity contribution >= 4 is 5.91 Å². The van der Waals surface area contributed by atoms with Gasteiger partial charge in [0, 0.05) is 19.4 Å². The van der Waals surface area contributed by atoms with Crippen LogP contribution in [0.3, 0.4) is 0 Å². The van der Waals surface area contributed by atoms with Gasteiger partial charge in [-0.3, -0.25) is 9.78 Å². The minimum atomic E-state index is -0.935. The smallest absolute Gasteiger partial charge is 0.274 e. The van der Waals surface area contributed by atoms with E-state index in [0.717, 1.165) is 12.1 Å². The monoisotopic (exact) mass is 277 g/mol. The second-order valence-electron chi connectivity index (χ2n) is 4.36. The molecule has 0 fully saturated rings. The second-order valence-corrected chi connectivity index (χ2v) is 4.36. The van der Waals surface area contributed by atoms with Gasteiger partial charge in [0.25, 0.3) is 5.91 Å². The number of carbonyl (C=O) groups excluding carboxylic acids is 1. The van der Waals surface area contributed by atoms with Gasteiger partial charge in [0.1, 0.15) is 5.69 Å². The number of halogens is 2. The number of carbonyl (C=O) groups is 1. The van der Waals surface area contributed by atoms with Crippen molar-refractivity contribution in [1.29, 1.82) is 0 Å². The fourth-order valence-corrected chi connectivity index (χ4v) is 1.76. The zero-order valence-corrected chi connectivity index (χ0v) is 11.0. The van der Waals surface area contributed by atoms with Crippen molar-refractivity contribution in [3.63, 3.8) is 0 Å². The highest BCUT2D eigenvalue weighted by atomic mass is 19.2. The highest BCUT2D eigenvalue weighted by Gasteiger charge is 2.20. The summed E-state index contributed by atoms with van der Waals surface area (Å²) in [5, 5.41) is 0. The van der Waals surface area contributed by atoms with Gasteiger partial charge in [-0.15, -0.1) is 0 Å². The third kappa shape index (κ3) is 2.79. The first-order valence-corrected chi connectivity index (χ1v) is 5.99. The van der Waals surface area contributed by atoms with Crippen molar-refractivity contribution in [2.24, 2.45) is 0 Å². The number of hydrogen-bond donors (Lipinski definition) is 0. The molecule has 2 rings (SSSR count). The van der Waals surface area contributed by atoms with Gasteiger partial charge in [-0.05, 0) is 24.6 Å². The van der Waals surface area contributed by atoms with Gasteiger partial charge in [0.05, 0.1) is 12.2 Å². The van der Waals surface area contributed by atoms with Crippen LogP contribution in [0.5, 0.6) is 0 Å². The van der Waals surface area contributed by atoms with Crippen molar-refractivity contribution in [3.8, 4) is 0 Å². The normalized spacial score (nSPS) is 12.0. The summed E-state index contributed by atoms with van der Waals surface area (Å²) in [6, 6.07) is 3.16. The molecule has 104 valence electrons. The Morgan fingerprint density at radius 3 is 2.60 bits per heavy atom. The standard InChI is InChI=1S/C14H13F2N3O/c1-9(10-3-4-11(15)12(16)7-10)19(2)14(20)13-8-17-5-6-18-13/h3-9H,1-2H3. The fraction of sp³-hybridized carbons (Fsp3) is 0.214. The molecule has 0 aliphatic rings. The van der Waals surface area contributed by atoms with Crippen LogP contribution in [-0.2, 0) is 0 Å². The number of aromatic nitrogens is 2. The molecule has 0 saturated heterocycles. The van der Waals surface area contributed by atoms with Crippen LogP contribution in [0, 0.1) is 11.6 Å². The van der Waals surface area contributed by atoms with E-state index >= 15 is 0 Å². The third-order valence-corrected chi connectivity index (χ3v) is 3.11. The zero-order chi connectivity index (χ0) is 14.7. The van der Waals surface area contributed by atoms with Crippen molar-refractivity contribution in [3.05, 3.63) is 59.7 Å². The molecule has 1 unspecified atom stereocenters. The van der Waals surface area contributed by atoms with Crippen molar-refractivity contribution in [2.45, 2.75) is 13.0 Å². The molecule has 20 heavy (non-hydrogen) atoms. The largest absolute Gasteiger partial charge is 0.334 e. The van der Waals surface area contributed by atoms with Gasteiger partial charge < -0.3 is 4.90 Å². The predicted octanol–water partition coefficient (Wildman–Crippen LogP) is 2.59. The van der Waals surface area contributed by atoms with Gasteiger partial charge in [0.2, 0.25) is 0 Å². The van der Waals surface area contributed by atoms with Gasteiger partial charge >= 0.3 is 0 Å². The van der Waals surface area contributed by atoms with Crippen LogP contribution >= 0.6 is 0 Å². The lowest BCUT2D eigenvalue weighted by molar-refractivity contribution is 0.0736. The van der Waals surface area contributed by atoms with Crippen molar-refractivity contribution < 1.29 is 13.6 Å². The Kier molecular flexibility index (Phi) is 4.02. The predicted molar refractivity (Wildman–Crippen MR) is 68.9 cm³/mol. The van der Waals surface area contributed by atoms with E-state index in [-0.39, 0.29) is 11.6 Å². The molecule has 1 amide bonds. The van der Waals surface area contributed by atoms with Crippen LogP contribution in [-0.4, -0.2) is 27.8 Å². The van der Waals surface area contributed by atoms with Gasteiger partial charge in [-0.2, -0.15) is 0 Å². The van der Waals surface area contributed by atoms with Gasteiger partial charge in [-0.25, -0.2) is 13.8 Å². The first kappa shape index (κ1) is 14.0. The molecule has 0 spiro atoms. The zero-order valence-electron chi connectivity index (χ0n) is 11.0. The quantitative estimate of drug-likeness (QED) is 0.866. The van der Waals surface area contributed by atoms with Crippen LogP contribution in [0.15, 0.2) is 36.8 Å². The van der Waals surface area contributed by atoms with E-state index in [2.05, 4.69) is 9.97 Å². The highest BCUT2D eigenvalue weighted by molar-refractivity contribution is 5.92. The topological polar surface area (TPSA) is 46.1 Å². The van der Waals surface area contributed by atoms with Crippen LogP contribution in [0.25, 0.3) is 0 Å². The van der Waals surface area contributed by atoms with Crippen LogP contribution in [0.4, 0.5) is 8.78 Å². The van der Waals surface area contributed by atoms with Gasteiger partial charge in [-0.1, -0.05) is 6.07 Å². The minimum Gasteiger partial charge on any atom is -0.334 e. The summed E-state index contributed by atoms with van der Waals surface area (Å²) >= 11 is 0. The third-order valence-electron chi connectivity index (χ3n) is 3.11. The average Bonchev–Trinajstić information content (AvgIpc) is 2.48. The first-order chi connectivity index (χ1) is 9.50. The molecule has 0 N–H and O–H groups in total. The maximum Gasteiger partial charge on any atom is 0.274 e. The summed E-state index contributed by atoms with van der Waals surface area (Å²) in [5.74, 6) is -2.19. The Bertz CT molecular complexity index is 619. The molecule has 0 bridgehead atoms.